The predicted octanol–water partition coefficient (Wildman–Crippen LogP) is 4.64. The smallest absolute Gasteiger partial charge is 0.326 e. The number of hydroxylamine groups is 1. The molecular weight excluding hydrogens is 436 g/mol. The molecule has 0 aliphatic carbocycles. The number of benzene rings is 2. The monoisotopic (exact) mass is 462 g/mol. The minimum absolute atomic E-state index is 0.0852. The van der Waals surface area contributed by atoms with Crippen LogP contribution in [0.5, 0.6) is 17.2 Å². The molecule has 2 aromatic carbocycles. The largest absolute Gasteiger partial charge is 0.496 e. The minimum atomic E-state index is -0.450. The molecule has 0 bridgehead atoms. The molecular formula is C25H26N4O5. The van der Waals surface area contributed by atoms with E-state index in [1.807, 2.05) is 32.0 Å². The van der Waals surface area contributed by atoms with Gasteiger partial charge in [-0.05, 0) is 49.7 Å². The second-order valence-corrected chi connectivity index (χ2v) is 7.78. The Morgan fingerprint density at radius 2 is 1.91 bits per heavy atom. The Bertz CT molecular complexity index is 1360. The highest BCUT2D eigenvalue weighted by Crippen LogP contribution is 2.34. The number of hydrogen-bond acceptors (Lipinski definition) is 6. The number of carbonyl (C=O) groups is 2. The third kappa shape index (κ3) is 4.51. The molecule has 0 spiro atoms. The first kappa shape index (κ1) is 23.1. The van der Waals surface area contributed by atoms with Crippen LogP contribution in [-0.4, -0.2) is 41.8 Å². The van der Waals surface area contributed by atoms with Crippen LogP contribution >= 0.6 is 0 Å². The zero-order valence-corrected chi connectivity index (χ0v) is 19.4. The van der Waals surface area contributed by atoms with Crippen LogP contribution in [0.2, 0.25) is 0 Å². The molecule has 4 aromatic rings. The minimum Gasteiger partial charge on any atom is -0.496 e. The van der Waals surface area contributed by atoms with Crippen LogP contribution < -0.4 is 20.3 Å². The van der Waals surface area contributed by atoms with E-state index in [-0.39, 0.29) is 17.6 Å². The summed E-state index contributed by atoms with van der Waals surface area (Å²) in [5.41, 5.74) is 3.97. The van der Waals surface area contributed by atoms with Gasteiger partial charge in [0.1, 0.15) is 17.2 Å². The SMILES string of the molecule is CCC(C)NC(=O)n1ccc2cc(Oc3ccnc4cc(OC)c(C(=O)NOC)cc34)ccc21. The molecule has 34 heavy (non-hydrogen) atoms. The van der Waals surface area contributed by atoms with Crippen molar-refractivity contribution in [3.63, 3.8) is 0 Å². The molecule has 0 radical (unpaired) electrons. The van der Waals surface area contributed by atoms with E-state index >= 15 is 0 Å². The number of rotatable bonds is 7. The van der Waals surface area contributed by atoms with E-state index in [2.05, 4.69) is 15.8 Å². The highest BCUT2D eigenvalue weighted by Gasteiger charge is 2.17. The predicted molar refractivity (Wildman–Crippen MR) is 128 cm³/mol. The van der Waals surface area contributed by atoms with Gasteiger partial charge in [0.25, 0.3) is 5.91 Å². The molecule has 9 nitrogen and oxygen atoms in total. The highest BCUT2D eigenvalue weighted by molar-refractivity contribution is 6.01. The van der Waals surface area contributed by atoms with Gasteiger partial charge in [-0.15, -0.1) is 0 Å². The maximum Gasteiger partial charge on any atom is 0.326 e. The van der Waals surface area contributed by atoms with E-state index in [4.69, 9.17) is 14.3 Å². The average molecular weight is 463 g/mol. The quantitative estimate of drug-likeness (QED) is 0.388. The summed E-state index contributed by atoms with van der Waals surface area (Å²) in [7, 11) is 2.84. The summed E-state index contributed by atoms with van der Waals surface area (Å²) in [5.74, 6) is 1.02. The summed E-state index contributed by atoms with van der Waals surface area (Å²) < 4.78 is 13.1. The van der Waals surface area contributed by atoms with E-state index in [0.717, 1.165) is 17.3 Å². The number of pyridine rings is 1. The molecule has 1 atom stereocenters. The van der Waals surface area contributed by atoms with Crippen LogP contribution in [0.25, 0.3) is 21.8 Å². The van der Waals surface area contributed by atoms with Gasteiger partial charge < -0.3 is 14.8 Å². The van der Waals surface area contributed by atoms with Crippen molar-refractivity contribution in [1.82, 2.24) is 20.3 Å². The van der Waals surface area contributed by atoms with E-state index in [0.29, 0.717) is 28.2 Å². The second-order valence-electron chi connectivity index (χ2n) is 7.78. The first-order valence-corrected chi connectivity index (χ1v) is 10.8. The molecule has 176 valence electrons. The number of ether oxygens (including phenoxy) is 2. The van der Waals surface area contributed by atoms with Crippen LogP contribution in [-0.2, 0) is 4.84 Å². The van der Waals surface area contributed by atoms with Gasteiger partial charge >= 0.3 is 6.03 Å². The number of methoxy groups -OCH3 is 1. The topological polar surface area (TPSA) is 104 Å². The lowest BCUT2D eigenvalue weighted by molar-refractivity contribution is 0.0535. The Balaban J connectivity index is 1.68. The van der Waals surface area contributed by atoms with Crippen molar-refractivity contribution in [2.45, 2.75) is 26.3 Å². The standard InChI is InChI=1S/C25H26N4O5/c1-5-15(2)27-25(31)29-11-9-16-12-17(6-7-21(16)29)34-22-8-10-26-20-14-23(32-3)19(13-18(20)22)24(30)28-33-4/h6-15H,5H2,1-4H3,(H,27,31)(H,28,30). The van der Waals surface area contributed by atoms with Gasteiger partial charge in [-0.2, -0.15) is 0 Å². The van der Waals surface area contributed by atoms with Crippen molar-refractivity contribution in [1.29, 1.82) is 0 Å². The Hall–Kier alpha value is -4.11. The van der Waals surface area contributed by atoms with Gasteiger partial charge in [0.05, 0.1) is 30.8 Å². The van der Waals surface area contributed by atoms with Crippen LogP contribution in [0.3, 0.4) is 0 Å². The van der Waals surface area contributed by atoms with Crippen molar-refractivity contribution in [2.24, 2.45) is 0 Å². The molecule has 0 aliphatic heterocycles. The third-order valence-electron chi connectivity index (χ3n) is 5.55. The van der Waals surface area contributed by atoms with Crippen molar-refractivity contribution in [3.05, 3.63) is 60.4 Å². The fraction of sp³-hybridized carbons (Fsp3) is 0.240. The summed E-state index contributed by atoms with van der Waals surface area (Å²) in [5, 5.41) is 4.46. The van der Waals surface area contributed by atoms with Crippen molar-refractivity contribution in [2.75, 3.05) is 14.2 Å². The van der Waals surface area contributed by atoms with Gasteiger partial charge in [-0.3, -0.25) is 19.2 Å². The number of fused-ring (bicyclic) bond motifs is 2. The van der Waals surface area contributed by atoms with E-state index in [1.165, 1.54) is 14.2 Å². The fourth-order valence-corrected chi connectivity index (χ4v) is 3.60. The number of nitrogens with one attached hydrogen (secondary N) is 2. The molecule has 2 N–H and O–H groups in total. The normalized spacial score (nSPS) is 11.9. The molecule has 0 aliphatic rings. The van der Waals surface area contributed by atoms with Crippen LogP contribution in [0, 0.1) is 0 Å². The van der Waals surface area contributed by atoms with Gasteiger partial charge in [0, 0.05) is 35.3 Å². The lowest BCUT2D eigenvalue weighted by Crippen LogP contribution is -2.35. The molecule has 1 unspecified atom stereocenters. The van der Waals surface area contributed by atoms with Crippen molar-refractivity contribution < 1.29 is 23.9 Å². The zero-order chi connectivity index (χ0) is 24.2. The summed E-state index contributed by atoms with van der Waals surface area (Å²) >= 11 is 0. The van der Waals surface area contributed by atoms with Crippen molar-refractivity contribution in [3.8, 4) is 17.2 Å². The zero-order valence-electron chi connectivity index (χ0n) is 19.4. The third-order valence-corrected chi connectivity index (χ3v) is 5.55. The summed E-state index contributed by atoms with van der Waals surface area (Å²) in [6.45, 7) is 3.99. The summed E-state index contributed by atoms with van der Waals surface area (Å²) in [4.78, 5) is 34.1. The number of aromatic nitrogens is 2. The van der Waals surface area contributed by atoms with Crippen LogP contribution in [0.1, 0.15) is 30.6 Å². The second kappa shape index (κ2) is 9.80. The number of hydrogen-bond donors (Lipinski definition) is 2. The first-order chi connectivity index (χ1) is 16.4. The number of carbonyl (C=O) groups excluding carboxylic acids is 2. The van der Waals surface area contributed by atoms with Gasteiger partial charge in [0.2, 0.25) is 0 Å². The highest BCUT2D eigenvalue weighted by atomic mass is 16.6. The molecule has 2 amide bonds. The Kier molecular flexibility index (Phi) is 6.65. The number of nitrogens with zero attached hydrogens (tertiary/aromatic N) is 2. The van der Waals surface area contributed by atoms with Gasteiger partial charge in [-0.1, -0.05) is 6.92 Å². The molecule has 9 heteroatoms. The van der Waals surface area contributed by atoms with Gasteiger partial charge in [0.15, 0.2) is 0 Å². The molecule has 0 saturated heterocycles. The molecule has 0 saturated carbocycles. The Labute approximate surface area is 196 Å². The lowest BCUT2D eigenvalue weighted by atomic mass is 10.1. The van der Waals surface area contributed by atoms with Crippen LogP contribution in [0.4, 0.5) is 4.79 Å². The Morgan fingerprint density at radius 3 is 2.65 bits per heavy atom. The van der Waals surface area contributed by atoms with E-state index in [1.54, 1.807) is 41.2 Å². The van der Waals surface area contributed by atoms with E-state index < -0.39 is 5.91 Å². The van der Waals surface area contributed by atoms with Gasteiger partial charge in [-0.25, -0.2) is 10.3 Å². The first-order valence-electron chi connectivity index (χ1n) is 10.8. The molecule has 0 fully saturated rings. The van der Waals surface area contributed by atoms with Crippen LogP contribution in [0.15, 0.2) is 54.9 Å². The maximum atomic E-state index is 12.6. The van der Waals surface area contributed by atoms with Crippen molar-refractivity contribution >= 4 is 33.7 Å². The lowest BCUT2D eigenvalue weighted by Gasteiger charge is -2.13. The molecule has 2 heterocycles. The fourth-order valence-electron chi connectivity index (χ4n) is 3.60. The average Bonchev–Trinajstić information content (AvgIpc) is 3.27. The summed E-state index contributed by atoms with van der Waals surface area (Å²) in [6.07, 6.45) is 4.21. The summed E-state index contributed by atoms with van der Waals surface area (Å²) in [6, 6.07) is 12.3. The maximum absolute atomic E-state index is 12.6. The Morgan fingerprint density at radius 1 is 1.09 bits per heavy atom. The number of amides is 2. The molecule has 4 rings (SSSR count). The molecule has 2 aromatic heterocycles. The van der Waals surface area contributed by atoms with E-state index in [9.17, 15) is 9.59 Å².